The molecule has 122 valence electrons. The van der Waals surface area contributed by atoms with E-state index < -0.39 is 0 Å². The van der Waals surface area contributed by atoms with Gasteiger partial charge in [-0.3, -0.25) is 4.99 Å². The number of likely N-dealkylation sites (tertiary alicyclic amines) is 2. The van der Waals surface area contributed by atoms with Gasteiger partial charge in [0.15, 0.2) is 5.96 Å². The van der Waals surface area contributed by atoms with E-state index in [1.165, 1.54) is 25.9 Å². The van der Waals surface area contributed by atoms with Crippen LogP contribution in [0.2, 0.25) is 0 Å². The highest BCUT2D eigenvalue weighted by atomic mass is 15.3. The maximum Gasteiger partial charge on any atom is 0.193 e. The lowest BCUT2D eigenvalue weighted by atomic mass is 9.93. The third kappa shape index (κ3) is 3.43. The van der Waals surface area contributed by atoms with Crippen molar-refractivity contribution in [3.05, 3.63) is 18.7 Å². The summed E-state index contributed by atoms with van der Waals surface area (Å²) in [5.74, 6) is 1.71. The maximum atomic E-state index is 4.48. The summed E-state index contributed by atoms with van der Waals surface area (Å²) in [6, 6.07) is 0.477. The van der Waals surface area contributed by atoms with Gasteiger partial charge >= 0.3 is 0 Å². The molecule has 0 spiro atoms. The van der Waals surface area contributed by atoms with Crippen molar-refractivity contribution in [1.29, 1.82) is 0 Å². The molecule has 2 saturated heterocycles. The molecule has 0 bridgehead atoms. The molecular weight excluding hydrogens is 276 g/mol. The van der Waals surface area contributed by atoms with E-state index in [2.05, 4.69) is 42.8 Å². The minimum atomic E-state index is 0.477. The van der Waals surface area contributed by atoms with E-state index in [1.807, 2.05) is 19.6 Å². The molecule has 3 heterocycles. The second-order valence-electron chi connectivity index (χ2n) is 6.46. The van der Waals surface area contributed by atoms with E-state index in [9.17, 15) is 0 Å². The molecule has 2 aliphatic rings. The largest absolute Gasteiger partial charge is 0.355 e. The fraction of sp³-hybridized carbons (Fsp3) is 0.750. The Labute approximate surface area is 133 Å². The first kappa shape index (κ1) is 15.3. The molecule has 1 aromatic heterocycles. The molecule has 2 atom stereocenters. The Kier molecular flexibility index (Phi) is 4.97. The van der Waals surface area contributed by atoms with Crippen molar-refractivity contribution >= 4 is 5.96 Å². The van der Waals surface area contributed by atoms with Crippen molar-refractivity contribution in [1.82, 2.24) is 24.7 Å². The monoisotopic (exact) mass is 304 g/mol. The number of guanidine groups is 1. The Morgan fingerprint density at radius 3 is 2.86 bits per heavy atom. The number of hydrogen-bond donors (Lipinski definition) is 1. The van der Waals surface area contributed by atoms with Gasteiger partial charge in [-0.2, -0.15) is 0 Å². The molecule has 0 radical (unpaired) electrons. The molecule has 6 heteroatoms. The maximum absolute atomic E-state index is 4.48. The third-order valence-electron chi connectivity index (χ3n) is 5.00. The Bertz CT molecular complexity index is 479. The van der Waals surface area contributed by atoms with Crippen LogP contribution in [0.15, 0.2) is 23.7 Å². The van der Waals surface area contributed by atoms with Crippen LogP contribution in [0.1, 0.15) is 25.8 Å². The second-order valence-corrected chi connectivity index (χ2v) is 6.46. The molecule has 2 aliphatic heterocycles. The van der Waals surface area contributed by atoms with E-state index >= 15 is 0 Å². The lowest BCUT2D eigenvalue weighted by molar-refractivity contribution is 0.178. The van der Waals surface area contributed by atoms with Crippen LogP contribution in [0, 0.1) is 5.92 Å². The Morgan fingerprint density at radius 2 is 2.23 bits per heavy atom. The summed E-state index contributed by atoms with van der Waals surface area (Å²) in [5, 5.41) is 3.53. The molecule has 0 saturated carbocycles. The van der Waals surface area contributed by atoms with Gasteiger partial charge in [0, 0.05) is 45.6 Å². The van der Waals surface area contributed by atoms with Crippen LogP contribution in [0.3, 0.4) is 0 Å². The Morgan fingerprint density at radius 1 is 1.36 bits per heavy atom. The molecule has 2 unspecified atom stereocenters. The molecule has 1 N–H and O–H groups in total. The van der Waals surface area contributed by atoms with Crippen molar-refractivity contribution in [3.63, 3.8) is 0 Å². The van der Waals surface area contributed by atoms with Gasteiger partial charge in [-0.05, 0) is 31.8 Å². The number of piperidine rings is 1. The quantitative estimate of drug-likeness (QED) is 0.667. The number of nitrogens with zero attached hydrogens (tertiary/aromatic N) is 5. The number of hydrogen-bond acceptors (Lipinski definition) is 3. The van der Waals surface area contributed by atoms with Gasteiger partial charge in [-0.1, -0.05) is 6.92 Å². The average Bonchev–Trinajstić information content (AvgIpc) is 3.00. The van der Waals surface area contributed by atoms with E-state index in [0.717, 1.165) is 32.1 Å². The van der Waals surface area contributed by atoms with Crippen LogP contribution >= 0.6 is 0 Å². The number of aliphatic imine (C=N–C) groups is 1. The van der Waals surface area contributed by atoms with Gasteiger partial charge in [-0.15, -0.1) is 0 Å². The smallest absolute Gasteiger partial charge is 0.193 e. The van der Waals surface area contributed by atoms with Crippen LogP contribution < -0.4 is 5.32 Å². The minimum absolute atomic E-state index is 0.477. The summed E-state index contributed by atoms with van der Waals surface area (Å²) < 4.78 is 2.24. The van der Waals surface area contributed by atoms with Crippen LogP contribution in [-0.2, 0) is 0 Å². The topological polar surface area (TPSA) is 48.7 Å². The van der Waals surface area contributed by atoms with Crippen molar-refractivity contribution < 1.29 is 0 Å². The molecule has 0 aromatic carbocycles. The first-order valence-electron chi connectivity index (χ1n) is 8.43. The van der Waals surface area contributed by atoms with Crippen LogP contribution in [0.5, 0.6) is 0 Å². The lowest BCUT2D eigenvalue weighted by Crippen LogP contribution is -2.51. The van der Waals surface area contributed by atoms with Crippen LogP contribution in [-0.4, -0.2) is 71.6 Å². The van der Waals surface area contributed by atoms with Gasteiger partial charge in [0.2, 0.25) is 0 Å². The van der Waals surface area contributed by atoms with E-state index in [4.69, 9.17) is 0 Å². The van der Waals surface area contributed by atoms with Crippen molar-refractivity contribution in [2.75, 3.05) is 46.3 Å². The Balaban J connectivity index is 1.55. The summed E-state index contributed by atoms with van der Waals surface area (Å²) >= 11 is 0. The number of rotatable bonds is 4. The summed E-state index contributed by atoms with van der Waals surface area (Å²) in [5.41, 5.74) is 0. The van der Waals surface area contributed by atoms with Crippen LogP contribution in [0.4, 0.5) is 0 Å². The van der Waals surface area contributed by atoms with E-state index in [1.54, 1.807) is 0 Å². The third-order valence-corrected chi connectivity index (χ3v) is 5.00. The van der Waals surface area contributed by atoms with E-state index in [-0.39, 0.29) is 0 Å². The summed E-state index contributed by atoms with van der Waals surface area (Å²) in [6.07, 6.45) is 8.42. The van der Waals surface area contributed by atoms with Gasteiger partial charge in [0.05, 0.1) is 12.4 Å². The number of nitrogens with one attached hydrogen (secondary N) is 1. The zero-order chi connectivity index (χ0) is 15.4. The molecule has 2 fully saturated rings. The standard InChI is InChI=1S/C16H28N6/c1-14-4-9-21(12-15(14)22-11-5-18-13-22)16(17-2)19-6-10-20-7-3-8-20/h5,11,13-15H,3-4,6-10,12H2,1-2H3,(H,17,19). The first-order valence-corrected chi connectivity index (χ1v) is 8.43. The first-order chi connectivity index (χ1) is 10.8. The normalized spacial score (nSPS) is 26.8. The van der Waals surface area contributed by atoms with Crippen molar-refractivity contribution in [2.45, 2.75) is 25.8 Å². The minimum Gasteiger partial charge on any atom is -0.355 e. The highest BCUT2D eigenvalue weighted by Gasteiger charge is 2.28. The fourth-order valence-electron chi connectivity index (χ4n) is 3.36. The summed E-state index contributed by atoms with van der Waals surface area (Å²) in [4.78, 5) is 13.5. The molecule has 0 amide bonds. The van der Waals surface area contributed by atoms with Gasteiger partial charge < -0.3 is 19.7 Å². The van der Waals surface area contributed by atoms with Crippen LogP contribution in [0.25, 0.3) is 0 Å². The molecule has 22 heavy (non-hydrogen) atoms. The molecule has 3 rings (SSSR count). The fourth-order valence-corrected chi connectivity index (χ4v) is 3.36. The summed E-state index contributed by atoms with van der Waals surface area (Å²) in [6.45, 7) is 9.02. The predicted molar refractivity (Wildman–Crippen MR) is 89.0 cm³/mol. The SMILES string of the molecule is CN=C(NCCN1CCC1)N1CCC(C)C(n2ccnc2)C1. The second kappa shape index (κ2) is 7.13. The lowest BCUT2D eigenvalue weighted by Gasteiger charge is -2.39. The average molecular weight is 304 g/mol. The number of aromatic nitrogens is 2. The van der Waals surface area contributed by atoms with Gasteiger partial charge in [0.25, 0.3) is 0 Å². The van der Waals surface area contributed by atoms with Crippen molar-refractivity contribution in [2.24, 2.45) is 10.9 Å². The van der Waals surface area contributed by atoms with Gasteiger partial charge in [-0.25, -0.2) is 4.98 Å². The molecular formula is C16H28N6. The molecule has 0 aliphatic carbocycles. The van der Waals surface area contributed by atoms with Crippen molar-refractivity contribution in [3.8, 4) is 0 Å². The highest BCUT2D eigenvalue weighted by molar-refractivity contribution is 5.80. The highest BCUT2D eigenvalue weighted by Crippen LogP contribution is 2.27. The predicted octanol–water partition coefficient (Wildman–Crippen LogP) is 1.05. The number of imidazole rings is 1. The van der Waals surface area contributed by atoms with Gasteiger partial charge in [0.1, 0.15) is 0 Å². The molecule has 6 nitrogen and oxygen atoms in total. The molecule has 1 aromatic rings. The van der Waals surface area contributed by atoms with E-state index in [0.29, 0.717) is 12.0 Å². The Hall–Kier alpha value is -1.56. The zero-order valence-corrected chi connectivity index (χ0v) is 13.8. The summed E-state index contributed by atoms with van der Waals surface area (Å²) in [7, 11) is 1.89. The zero-order valence-electron chi connectivity index (χ0n) is 13.8.